The smallest absolute Gasteiger partial charge is 0.243 e. The highest BCUT2D eigenvalue weighted by Crippen LogP contribution is 2.20. The molecule has 112 valence electrons. The first-order valence-corrected chi connectivity index (χ1v) is 7.45. The van der Waals surface area contributed by atoms with Crippen LogP contribution in [0.4, 0.5) is 23.5 Å². The maximum absolute atomic E-state index is 5.43. The fourth-order valence-corrected chi connectivity index (χ4v) is 2.23. The number of nitrogen functional groups attached to an aromatic ring is 1. The van der Waals surface area contributed by atoms with Crippen molar-refractivity contribution in [3.8, 4) is 0 Å². The van der Waals surface area contributed by atoms with Gasteiger partial charge in [-0.3, -0.25) is 5.43 Å². The minimum absolute atomic E-state index is 0.324. The predicted molar refractivity (Wildman–Crippen MR) is 88.6 cm³/mol. The summed E-state index contributed by atoms with van der Waals surface area (Å²) in [7, 11) is 0. The third-order valence-corrected chi connectivity index (χ3v) is 3.37. The molecule has 21 heavy (non-hydrogen) atoms. The molecule has 1 aromatic carbocycles. The molecule has 0 aliphatic rings. The number of nitrogens with two attached hydrogens (primary N) is 1. The van der Waals surface area contributed by atoms with Crippen LogP contribution in [0, 0.1) is 0 Å². The molecule has 2 rings (SSSR count). The van der Waals surface area contributed by atoms with E-state index in [2.05, 4.69) is 41.6 Å². The van der Waals surface area contributed by atoms with Crippen LogP contribution in [0.2, 0.25) is 0 Å². The summed E-state index contributed by atoms with van der Waals surface area (Å²) in [6.45, 7) is 5.70. The van der Waals surface area contributed by atoms with Crippen LogP contribution in [0.5, 0.6) is 0 Å². The van der Waals surface area contributed by atoms with E-state index in [1.165, 1.54) is 0 Å². The second-order valence-corrected chi connectivity index (χ2v) is 5.15. The average molecular weight is 352 g/mol. The van der Waals surface area contributed by atoms with Crippen LogP contribution in [0.1, 0.15) is 13.8 Å². The summed E-state index contributed by atoms with van der Waals surface area (Å²) in [5.41, 5.74) is 3.35. The molecule has 0 unspecified atom stereocenters. The van der Waals surface area contributed by atoms with Gasteiger partial charge in [0.2, 0.25) is 17.8 Å². The topological polar surface area (TPSA) is 92.0 Å². The van der Waals surface area contributed by atoms with Crippen LogP contribution < -0.4 is 21.5 Å². The molecular formula is C13H18BrN7. The van der Waals surface area contributed by atoms with Gasteiger partial charge in [-0.15, -0.1) is 0 Å². The molecular weight excluding hydrogens is 334 g/mol. The lowest BCUT2D eigenvalue weighted by Gasteiger charge is -2.19. The van der Waals surface area contributed by atoms with Gasteiger partial charge in [-0.1, -0.05) is 22.0 Å². The Labute approximate surface area is 132 Å². The summed E-state index contributed by atoms with van der Waals surface area (Å²) in [6.07, 6.45) is 0. The number of anilines is 4. The summed E-state index contributed by atoms with van der Waals surface area (Å²) in [4.78, 5) is 14.9. The molecule has 0 aliphatic heterocycles. The number of aromatic nitrogens is 3. The second kappa shape index (κ2) is 7.19. The molecule has 2 aromatic rings. The highest BCUT2D eigenvalue weighted by atomic mass is 79.9. The first-order chi connectivity index (χ1) is 10.2. The monoisotopic (exact) mass is 351 g/mol. The predicted octanol–water partition coefficient (Wildman–Crippen LogP) is 2.51. The van der Waals surface area contributed by atoms with Gasteiger partial charge in [0, 0.05) is 23.2 Å². The highest BCUT2D eigenvalue weighted by molar-refractivity contribution is 9.10. The molecule has 0 atom stereocenters. The Bertz CT molecular complexity index is 601. The van der Waals surface area contributed by atoms with Crippen molar-refractivity contribution in [1.29, 1.82) is 0 Å². The molecule has 4 N–H and O–H groups in total. The van der Waals surface area contributed by atoms with Crippen molar-refractivity contribution in [2.24, 2.45) is 5.84 Å². The lowest BCUT2D eigenvalue weighted by Crippen LogP contribution is -2.25. The molecule has 0 amide bonds. The summed E-state index contributed by atoms with van der Waals surface area (Å²) in [6, 6.07) is 7.76. The number of rotatable bonds is 6. The highest BCUT2D eigenvalue weighted by Gasteiger charge is 2.10. The van der Waals surface area contributed by atoms with E-state index in [0.29, 0.717) is 17.8 Å². The van der Waals surface area contributed by atoms with Gasteiger partial charge in [-0.25, -0.2) is 5.84 Å². The third-order valence-electron chi connectivity index (χ3n) is 2.88. The number of nitrogens with one attached hydrogen (secondary N) is 2. The van der Waals surface area contributed by atoms with Crippen LogP contribution in [0.25, 0.3) is 0 Å². The van der Waals surface area contributed by atoms with Crippen LogP contribution in [0.3, 0.4) is 0 Å². The van der Waals surface area contributed by atoms with Gasteiger partial charge < -0.3 is 10.2 Å². The van der Waals surface area contributed by atoms with E-state index < -0.39 is 0 Å². The number of benzene rings is 1. The van der Waals surface area contributed by atoms with Crippen molar-refractivity contribution in [2.45, 2.75) is 13.8 Å². The van der Waals surface area contributed by atoms with Gasteiger partial charge in [0.05, 0.1) is 0 Å². The fourth-order valence-electron chi connectivity index (χ4n) is 1.83. The number of hydrazine groups is 1. The molecule has 1 heterocycles. The Morgan fingerprint density at radius 1 is 1.14 bits per heavy atom. The van der Waals surface area contributed by atoms with Gasteiger partial charge >= 0.3 is 0 Å². The van der Waals surface area contributed by atoms with Crippen molar-refractivity contribution >= 4 is 39.5 Å². The van der Waals surface area contributed by atoms with E-state index in [-0.39, 0.29) is 0 Å². The van der Waals surface area contributed by atoms with Crippen molar-refractivity contribution in [1.82, 2.24) is 15.0 Å². The average Bonchev–Trinajstić information content (AvgIpc) is 2.48. The molecule has 0 fully saturated rings. The second-order valence-electron chi connectivity index (χ2n) is 4.23. The van der Waals surface area contributed by atoms with E-state index >= 15 is 0 Å². The van der Waals surface area contributed by atoms with Gasteiger partial charge in [-0.2, -0.15) is 15.0 Å². The van der Waals surface area contributed by atoms with Gasteiger partial charge in [0.1, 0.15) is 0 Å². The SMILES string of the molecule is CCN(CC)c1nc(NN)nc(Nc2cccc(Br)c2)n1. The zero-order chi connectivity index (χ0) is 15.2. The Balaban J connectivity index is 2.32. The van der Waals surface area contributed by atoms with Crippen LogP contribution in [-0.2, 0) is 0 Å². The number of hydrogen-bond acceptors (Lipinski definition) is 7. The summed E-state index contributed by atoms with van der Waals surface area (Å²) < 4.78 is 0.975. The molecule has 0 saturated carbocycles. The molecule has 0 spiro atoms. The van der Waals surface area contributed by atoms with Crippen molar-refractivity contribution in [3.63, 3.8) is 0 Å². The normalized spacial score (nSPS) is 10.3. The molecule has 0 bridgehead atoms. The standard InChI is InChI=1S/C13H18BrN7/c1-3-21(4-2)13-18-11(17-12(19-13)20-15)16-10-7-5-6-9(14)8-10/h5-8H,3-4,15H2,1-2H3,(H2,16,17,18,19,20). The number of nitrogens with zero attached hydrogens (tertiary/aromatic N) is 4. The Hall–Kier alpha value is -1.93. The van der Waals surface area contributed by atoms with E-state index in [4.69, 9.17) is 5.84 Å². The van der Waals surface area contributed by atoms with Gasteiger partial charge in [-0.05, 0) is 32.0 Å². The van der Waals surface area contributed by atoms with Gasteiger partial charge in [0.25, 0.3) is 0 Å². The van der Waals surface area contributed by atoms with Crippen LogP contribution in [0.15, 0.2) is 28.7 Å². The molecule has 0 aliphatic carbocycles. The van der Waals surface area contributed by atoms with E-state index in [9.17, 15) is 0 Å². The molecule has 0 saturated heterocycles. The van der Waals surface area contributed by atoms with Gasteiger partial charge in [0.15, 0.2) is 0 Å². The van der Waals surface area contributed by atoms with Crippen molar-refractivity contribution < 1.29 is 0 Å². The Morgan fingerprint density at radius 2 is 1.86 bits per heavy atom. The summed E-state index contributed by atoms with van der Waals surface area (Å²) in [5, 5.41) is 3.15. The van der Waals surface area contributed by atoms with Crippen LogP contribution in [-0.4, -0.2) is 28.0 Å². The zero-order valence-electron chi connectivity index (χ0n) is 12.0. The lowest BCUT2D eigenvalue weighted by molar-refractivity contribution is 0.814. The molecule has 8 heteroatoms. The molecule has 7 nitrogen and oxygen atoms in total. The fraction of sp³-hybridized carbons (Fsp3) is 0.308. The zero-order valence-corrected chi connectivity index (χ0v) is 13.6. The maximum atomic E-state index is 5.43. The largest absolute Gasteiger partial charge is 0.341 e. The Morgan fingerprint density at radius 3 is 2.48 bits per heavy atom. The number of halogens is 1. The third kappa shape index (κ3) is 4.02. The first kappa shape index (κ1) is 15.5. The quantitative estimate of drug-likeness (QED) is 0.543. The van der Waals surface area contributed by atoms with Crippen molar-refractivity contribution in [2.75, 3.05) is 28.7 Å². The van der Waals surface area contributed by atoms with E-state index in [1.54, 1.807) is 0 Å². The molecule has 1 aromatic heterocycles. The molecule has 0 radical (unpaired) electrons. The lowest BCUT2D eigenvalue weighted by atomic mass is 10.3. The summed E-state index contributed by atoms with van der Waals surface area (Å²) in [5.74, 6) is 6.78. The minimum atomic E-state index is 0.324. The van der Waals surface area contributed by atoms with Crippen LogP contribution >= 0.6 is 15.9 Å². The number of hydrogen-bond donors (Lipinski definition) is 3. The Kier molecular flexibility index (Phi) is 5.29. The minimum Gasteiger partial charge on any atom is -0.341 e. The first-order valence-electron chi connectivity index (χ1n) is 6.66. The van der Waals surface area contributed by atoms with E-state index in [1.807, 2.05) is 43.0 Å². The summed E-state index contributed by atoms with van der Waals surface area (Å²) >= 11 is 3.43. The van der Waals surface area contributed by atoms with E-state index in [0.717, 1.165) is 23.2 Å². The van der Waals surface area contributed by atoms with Crippen molar-refractivity contribution in [3.05, 3.63) is 28.7 Å². The maximum Gasteiger partial charge on any atom is 0.243 e.